The fourth-order valence-electron chi connectivity index (χ4n) is 13.0. The van der Waals surface area contributed by atoms with Gasteiger partial charge in [-0.25, -0.2) is 9.13 Å². The molecular weight excluding hydrogens is 1330 g/mol. The molecule has 0 amide bonds. The number of aliphatic hydroxyl groups is 1. The molecule has 0 rings (SSSR count). The predicted octanol–water partition coefficient (Wildman–Crippen LogP) is 25.4. The molecule has 0 saturated heterocycles. The number of phosphoric acid groups is 2. The summed E-state index contributed by atoms with van der Waals surface area (Å²) in [4.78, 5) is 73.1. The van der Waals surface area contributed by atoms with E-state index in [0.717, 1.165) is 89.9 Å². The van der Waals surface area contributed by atoms with Gasteiger partial charge in [0.1, 0.15) is 19.3 Å². The Morgan fingerprint density at radius 1 is 0.235 bits per heavy atom. The molecule has 0 aliphatic rings. The summed E-state index contributed by atoms with van der Waals surface area (Å²) in [5.41, 5.74) is 0. The largest absolute Gasteiger partial charge is 0.472 e. The van der Waals surface area contributed by atoms with Crippen LogP contribution < -0.4 is 0 Å². The molecule has 0 radical (unpaired) electrons. The molecule has 0 aromatic rings. The van der Waals surface area contributed by atoms with Crippen LogP contribution in [-0.4, -0.2) is 96.7 Å². The summed E-state index contributed by atoms with van der Waals surface area (Å²) in [5.74, 6) is -2.10. The van der Waals surface area contributed by atoms with Crippen LogP contribution in [0.3, 0.4) is 0 Å². The van der Waals surface area contributed by atoms with Crippen LogP contribution in [0.2, 0.25) is 0 Å². The SMILES string of the molecule is CCCCCCCCCCCCCCCCCCCCC(=O)OC[C@H](COP(=O)(O)OC[C@@H](O)COP(=O)(O)OC[C@@H](COC(=O)CCCCCCCCCCCC)OC(=O)CCCCCCCCCCCCCCCCCC)OC(=O)CCCCCCCCCCCCCCCCCCCC. The first kappa shape index (κ1) is 100. The average Bonchev–Trinajstić information content (AvgIpc) is 0.919. The molecule has 19 heteroatoms. The van der Waals surface area contributed by atoms with E-state index in [4.69, 9.17) is 37.0 Å². The van der Waals surface area contributed by atoms with Gasteiger partial charge >= 0.3 is 39.5 Å². The zero-order chi connectivity index (χ0) is 74.6. The summed E-state index contributed by atoms with van der Waals surface area (Å²) in [6, 6.07) is 0. The number of hydrogen-bond acceptors (Lipinski definition) is 15. The number of rotatable bonds is 84. The summed E-state index contributed by atoms with van der Waals surface area (Å²) in [5, 5.41) is 10.7. The van der Waals surface area contributed by atoms with Crippen molar-refractivity contribution in [3.63, 3.8) is 0 Å². The van der Waals surface area contributed by atoms with E-state index in [-0.39, 0.29) is 25.7 Å². The minimum Gasteiger partial charge on any atom is -0.462 e. The molecule has 0 heterocycles. The zero-order valence-electron chi connectivity index (χ0n) is 66.6. The summed E-state index contributed by atoms with van der Waals surface area (Å²) in [7, 11) is -9.92. The fraction of sp³-hybridized carbons (Fsp3) is 0.952. The lowest BCUT2D eigenvalue weighted by atomic mass is 10.0. The maximum Gasteiger partial charge on any atom is 0.472 e. The number of unbranched alkanes of at least 4 members (excludes halogenated alkanes) is 58. The van der Waals surface area contributed by atoms with Gasteiger partial charge in [-0.2, -0.15) is 0 Å². The Balaban J connectivity index is 5.23. The molecule has 606 valence electrons. The number of hydrogen-bond donors (Lipinski definition) is 3. The molecule has 0 bridgehead atoms. The van der Waals surface area contributed by atoms with Crippen molar-refractivity contribution in [1.82, 2.24) is 0 Å². The predicted molar refractivity (Wildman–Crippen MR) is 419 cm³/mol. The number of carbonyl (C=O) groups excluding carboxylic acids is 4. The van der Waals surface area contributed by atoms with Crippen LogP contribution in [0.25, 0.3) is 0 Å². The fourth-order valence-corrected chi connectivity index (χ4v) is 14.6. The highest BCUT2D eigenvalue weighted by molar-refractivity contribution is 7.47. The molecule has 102 heavy (non-hydrogen) atoms. The van der Waals surface area contributed by atoms with Crippen LogP contribution in [-0.2, 0) is 65.4 Å². The van der Waals surface area contributed by atoms with Gasteiger partial charge in [0.25, 0.3) is 0 Å². The highest BCUT2D eigenvalue weighted by atomic mass is 31.2. The maximum atomic E-state index is 13.1. The third kappa shape index (κ3) is 76.3. The first-order chi connectivity index (χ1) is 49.7. The third-order valence-corrected chi connectivity index (χ3v) is 21.5. The molecule has 3 N–H and O–H groups in total. The molecular formula is C83H162O17P2. The van der Waals surface area contributed by atoms with Crippen molar-refractivity contribution in [3.8, 4) is 0 Å². The highest BCUT2D eigenvalue weighted by Gasteiger charge is 2.30. The standard InChI is InChI=1S/C83H162O17P2/c1-5-9-13-17-21-25-29-32-35-38-40-43-45-48-52-56-60-64-68-81(86)94-74-79(100-83(88)70-66-62-58-54-50-47-44-41-39-36-33-30-26-22-18-14-10-6-2)76-98-102(91,92)96-72-77(84)71-95-101(89,90)97-75-78(73-93-80(85)67-63-59-55-51-28-24-20-16-12-8-4)99-82(87)69-65-61-57-53-49-46-42-37-34-31-27-23-19-15-11-7-3/h77-79,84H,5-76H2,1-4H3,(H,89,90)(H,91,92)/t77-,78+,79+/m0/s1. The summed E-state index contributed by atoms with van der Waals surface area (Å²) >= 11 is 0. The van der Waals surface area contributed by atoms with Gasteiger partial charge in [-0.3, -0.25) is 37.3 Å². The molecule has 0 aromatic heterocycles. The quantitative estimate of drug-likeness (QED) is 0.0222. The Hall–Kier alpha value is -1.94. The second-order valence-electron chi connectivity index (χ2n) is 29.9. The van der Waals surface area contributed by atoms with Gasteiger partial charge in [0.05, 0.1) is 26.4 Å². The van der Waals surface area contributed by atoms with Gasteiger partial charge in [0.15, 0.2) is 12.2 Å². The van der Waals surface area contributed by atoms with E-state index in [2.05, 4.69) is 27.7 Å². The Bertz CT molecular complexity index is 1930. The van der Waals surface area contributed by atoms with Crippen LogP contribution in [0.1, 0.15) is 451 Å². The first-order valence-electron chi connectivity index (χ1n) is 43.3. The lowest BCUT2D eigenvalue weighted by Crippen LogP contribution is -2.30. The van der Waals surface area contributed by atoms with Gasteiger partial charge in [-0.05, 0) is 25.7 Å². The molecule has 0 spiro atoms. The third-order valence-electron chi connectivity index (χ3n) is 19.6. The molecule has 0 aromatic carbocycles. The van der Waals surface area contributed by atoms with Gasteiger partial charge < -0.3 is 33.8 Å². The Labute approximate surface area is 626 Å². The van der Waals surface area contributed by atoms with E-state index in [9.17, 15) is 43.2 Å². The van der Waals surface area contributed by atoms with E-state index < -0.39 is 97.5 Å². The minimum atomic E-state index is -4.96. The average molecular weight is 1490 g/mol. The Morgan fingerprint density at radius 3 is 0.578 bits per heavy atom. The normalized spacial score (nSPS) is 13.8. The van der Waals surface area contributed by atoms with Crippen molar-refractivity contribution in [2.45, 2.75) is 470 Å². The van der Waals surface area contributed by atoms with E-state index >= 15 is 0 Å². The molecule has 0 saturated carbocycles. The maximum absolute atomic E-state index is 13.1. The van der Waals surface area contributed by atoms with Crippen molar-refractivity contribution in [1.29, 1.82) is 0 Å². The van der Waals surface area contributed by atoms with Crippen molar-refractivity contribution in [2.75, 3.05) is 39.6 Å². The van der Waals surface area contributed by atoms with Crippen molar-refractivity contribution < 1.29 is 80.2 Å². The van der Waals surface area contributed by atoms with Crippen LogP contribution in [0, 0.1) is 0 Å². The first-order valence-corrected chi connectivity index (χ1v) is 46.3. The number of esters is 4. The van der Waals surface area contributed by atoms with E-state index in [0.29, 0.717) is 25.7 Å². The van der Waals surface area contributed by atoms with Crippen LogP contribution in [0.15, 0.2) is 0 Å². The van der Waals surface area contributed by atoms with Gasteiger partial charge in [0, 0.05) is 25.7 Å². The van der Waals surface area contributed by atoms with Gasteiger partial charge in [-0.15, -0.1) is 0 Å². The smallest absolute Gasteiger partial charge is 0.462 e. The second-order valence-corrected chi connectivity index (χ2v) is 32.8. The van der Waals surface area contributed by atoms with Crippen molar-refractivity contribution >= 4 is 39.5 Å². The van der Waals surface area contributed by atoms with E-state index in [1.165, 1.54) is 283 Å². The monoisotopic (exact) mass is 1490 g/mol. The van der Waals surface area contributed by atoms with Crippen molar-refractivity contribution in [3.05, 3.63) is 0 Å². The Morgan fingerprint density at radius 2 is 0.392 bits per heavy atom. The number of aliphatic hydroxyl groups excluding tert-OH is 1. The molecule has 17 nitrogen and oxygen atoms in total. The summed E-state index contributed by atoms with van der Waals surface area (Å²) < 4.78 is 68.8. The zero-order valence-corrected chi connectivity index (χ0v) is 68.4. The Kier molecular flexibility index (Phi) is 75.8. The van der Waals surface area contributed by atoms with E-state index in [1.807, 2.05) is 0 Å². The molecule has 2 unspecified atom stereocenters. The van der Waals surface area contributed by atoms with Crippen LogP contribution in [0.4, 0.5) is 0 Å². The second kappa shape index (κ2) is 77.2. The summed E-state index contributed by atoms with van der Waals surface area (Å²) in [6.07, 6.45) is 70.7. The van der Waals surface area contributed by atoms with Crippen molar-refractivity contribution in [2.24, 2.45) is 0 Å². The molecule has 0 fully saturated rings. The summed E-state index contributed by atoms with van der Waals surface area (Å²) in [6.45, 7) is 5.04. The number of phosphoric ester groups is 2. The van der Waals surface area contributed by atoms with Crippen LogP contribution >= 0.6 is 15.6 Å². The van der Waals surface area contributed by atoms with Crippen LogP contribution in [0.5, 0.6) is 0 Å². The molecule has 0 aliphatic heterocycles. The molecule has 0 aliphatic carbocycles. The highest BCUT2D eigenvalue weighted by Crippen LogP contribution is 2.45. The topological polar surface area (TPSA) is 237 Å². The van der Waals surface area contributed by atoms with Gasteiger partial charge in [0.2, 0.25) is 0 Å². The molecule has 5 atom stereocenters. The number of carbonyl (C=O) groups is 4. The number of ether oxygens (including phenoxy) is 4. The van der Waals surface area contributed by atoms with E-state index in [1.54, 1.807) is 0 Å². The lowest BCUT2D eigenvalue weighted by molar-refractivity contribution is -0.161. The van der Waals surface area contributed by atoms with Gasteiger partial charge in [-0.1, -0.05) is 400 Å². The minimum absolute atomic E-state index is 0.109. The lowest BCUT2D eigenvalue weighted by Gasteiger charge is -2.21.